The van der Waals surface area contributed by atoms with Gasteiger partial charge in [-0.1, -0.05) is 12.1 Å². The molecule has 2 atom stereocenters. The smallest absolute Gasteiger partial charge is 0.230 e. The van der Waals surface area contributed by atoms with Crippen LogP contribution in [0.1, 0.15) is 32.0 Å². The minimum absolute atomic E-state index is 0.0614. The van der Waals surface area contributed by atoms with Crippen molar-refractivity contribution in [3.05, 3.63) is 40.9 Å². The first kappa shape index (κ1) is 19.8. The summed E-state index contributed by atoms with van der Waals surface area (Å²) in [5.41, 5.74) is 1.93. The van der Waals surface area contributed by atoms with Crippen molar-refractivity contribution in [3.8, 4) is 5.75 Å². The molecule has 1 aliphatic heterocycles. The Labute approximate surface area is 164 Å². The third kappa shape index (κ3) is 6.02. The number of hydrogen-bond acceptors (Lipinski definition) is 6. The lowest BCUT2D eigenvalue weighted by atomic mass is 10.1. The summed E-state index contributed by atoms with van der Waals surface area (Å²) >= 11 is 1.47. The SMILES string of the molecule is CCOc1ccc(CC(=O)Nc2nc(CN3CC(C)OC(C)C3)cs2)cc1. The van der Waals surface area contributed by atoms with Crippen molar-refractivity contribution < 1.29 is 14.3 Å². The maximum atomic E-state index is 12.3. The van der Waals surface area contributed by atoms with Gasteiger partial charge in [0.2, 0.25) is 5.91 Å². The number of ether oxygens (including phenoxy) is 2. The predicted octanol–water partition coefficient (Wildman–Crippen LogP) is 3.33. The molecule has 0 saturated carbocycles. The first-order chi connectivity index (χ1) is 13.0. The second kappa shape index (κ2) is 9.30. The summed E-state index contributed by atoms with van der Waals surface area (Å²) in [4.78, 5) is 19.2. The van der Waals surface area contributed by atoms with Crippen LogP contribution in [0.5, 0.6) is 5.75 Å². The molecule has 3 rings (SSSR count). The summed E-state index contributed by atoms with van der Waals surface area (Å²) < 4.78 is 11.2. The molecule has 6 nitrogen and oxygen atoms in total. The summed E-state index contributed by atoms with van der Waals surface area (Å²) in [6.07, 6.45) is 0.793. The molecular formula is C20H27N3O3S. The van der Waals surface area contributed by atoms with Gasteiger partial charge < -0.3 is 14.8 Å². The Hall–Kier alpha value is -1.96. The summed E-state index contributed by atoms with van der Waals surface area (Å²) in [6.45, 7) is 9.36. The molecule has 1 aliphatic rings. The zero-order valence-electron chi connectivity index (χ0n) is 16.1. The van der Waals surface area contributed by atoms with Crippen LogP contribution in [0.2, 0.25) is 0 Å². The Morgan fingerprint density at radius 2 is 2.00 bits per heavy atom. The molecule has 0 spiro atoms. The van der Waals surface area contributed by atoms with Crippen LogP contribution in [0, 0.1) is 0 Å². The molecule has 1 aromatic carbocycles. The first-order valence-electron chi connectivity index (χ1n) is 9.35. The normalized spacial score (nSPS) is 20.4. The zero-order valence-corrected chi connectivity index (χ0v) is 16.9. The third-order valence-corrected chi connectivity index (χ3v) is 5.08. The summed E-state index contributed by atoms with van der Waals surface area (Å²) in [6, 6.07) is 7.60. The molecule has 7 heteroatoms. The second-order valence-electron chi connectivity index (χ2n) is 6.90. The van der Waals surface area contributed by atoms with E-state index in [4.69, 9.17) is 9.47 Å². The summed E-state index contributed by atoms with van der Waals surface area (Å²) in [5, 5.41) is 5.56. The molecule has 0 radical (unpaired) electrons. The fourth-order valence-electron chi connectivity index (χ4n) is 3.30. The van der Waals surface area contributed by atoms with Crippen molar-refractivity contribution in [1.29, 1.82) is 0 Å². The highest BCUT2D eigenvalue weighted by Crippen LogP contribution is 2.20. The van der Waals surface area contributed by atoms with Crippen LogP contribution in [0.25, 0.3) is 0 Å². The van der Waals surface area contributed by atoms with Crippen LogP contribution in [0.15, 0.2) is 29.6 Å². The fraction of sp³-hybridized carbons (Fsp3) is 0.500. The number of benzene rings is 1. The van der Waals surface area contributed by atoms with E-state index in [2.05, 4.69) is 29.0 Å². The second-order valence-corrected chi connectivity index (χ2v) is 7.76. The van der Waals surface area contributed by atoms with Crippen molar-refractivity contribution in [2.75, 3.05) is 25.0 Å². The zero-order chi connectivity index (χ0) is 19.2. The van der Waals surface area contributed by atoms with Crippen molar-refractivity contribution in [2.24, 2.45) is 0 Å². The molecule has 2 heterocycles. The van der Waals surface area contributed by atoms with Gasteiger partial charge >= 0.3 is 0 Å². The molecule has 1 fully saturated rings. The maximum absolute atomic E-state index is 12.3. The molecule has 0 bridgehead atoms. The van der Waals surface area contributed by atoms with Gasteiger partial charge in [0, 0.05) is 25.0 Å². The molecule has 1 aromatic heterocycles. The number of amides is 1. The minimum atomic E-state index is -0.0614. The average molecular weight is 390 g/mol. The lowest BCUT2D eigenvalue weighted by Gasteiger charge is -2.34. The first-order valence-corrected chi connectivity index (χ1v) is 10.2. The van der Waals surface area contributed by atoms with Gasteiger partial charge in [0.15, 0.2) is 5.13 Å². The third-order valence-electron chi connectivity index (χ3n) is 4.28. The van der Waals surface area contributed by atoms with Crippen molar-refractivity contribution in [2.45, 2.75) is 45.9 Å². The Morgan fingerprint density at radius 1 is 1.30 bits per heavy atom. The quantitative estimate of drug-likeness (QED) is 0.787. The number of morpholine rings is 1. The van der Waals surface area contributed by atoms with Gasteiger partial charge in [-0.25, -0.2) is 4.98 Å². The topological polar surface area (TPSA) is 63.7 Å². The molecule has 2 aromatic rings. The van der Waals surface area contributed by atoms with Crippen LogP contribution >= 0.6 is 11.3 Å². The number of rotatable bonds is 7. The Morgan fingerprint density at radius 3 is 2.67 bits per heavy atom. The number of hydrogen-bond donors (Lipinski definition) is 1. The van der Waals surface area contributed by atoms with E-state index in [-0.39, 0.29) is 18.1 Å². The highest BCUT2D eigenvalue weighted by Gasteiger charge is 2.22. The van der Waals surface area contributed by atoms with E-state index >= 15 is 0 Å². The van der Waals surface area contributed by atoms with Crippen molar-refractivity contribution in [3.63, 3.8) is 0 Å². The number of anilines is 1. The standard InChI is InChI=1S/C20H27N3O3S/c1-4-25-18-7-5-16(6-8-18)9-19(24)22-20-21-17(13-27-20)12-23-10-14(2)26-15(3)11-23/h5-8,13-15H,4,9-12H2,1-3H3,(H,21,22,24). The van der Waals surface area contributed by atoms with Gasteiger partial charge in [0.25, 0.3) is 0 Å². The van der Waals surface area contributed by atoms with Gasteiger partial charge in [-0.2, -0.15) is 0 Å². The number of nitrogens with one attached hydrogen (secondary N) is 1. The van der Waals surface area contributed by atoms with E-state index in [1.165, 1.54) is 11.3 Å². The van der Waals surface area contributed by atoms with Gasteiger partial charge in [-0.3, -0.25) is 9.69 Å². The van der Waals surface area contributed by atoms with E-state index in [0.29, 0.717) is 18.2 Å². The molecular weight excluding hydrogens is 362 g/mol. The average Bonchev–Trinajstić information content (AvgIpc) is 3.02. The van der Waals surface area contributed by atoms with Crippen molar-refractivity contribution in [1.82, 2.24) is 9.88 Å². The van der Waals surface area contributed by atoms with Crippen LogP contribution in [-0.4, -0.2) is 47.7 Å². The molecule has 27 heavy (non-hydrogen) atoms. The van der Waals surface area contributed by atoms with Crippen LogP contribution in [0.3, 0.4) is 0 Å². The maximum Gasteiger partial charge on any atom is 0.230 e. The number of nitrogens with zero attached hydrogens (tertiary/aromatic N) is 2. The van der Waals surface area contributed by atoms with E-state index in [1.54, 1.807) is 0 Å². The van der Waals surface area contributed by atoms with Crippen LogP contribution < -0.4 is 10.1 Å². The van der Waals surface area contributed by atoms with E-state index in [9.17, 15) is 4.79 Å². The lowest BCUT2D eigenvalue weighted by Crippen LogP contribution is -2.44. The highest BCUT2D eigenvalue weighted by atomic mass is 32.1. The van der Waals surface area contributed by atoms with Crippen LogP contribution in [-0.2, 0) is 22.5 Å². The van der Waals surface area contributed by atoms with E-state index < -0.39 is 0 Å². The van der Waals surface area contributed by atoms with Gasteiger partial charge in [-0.15, -0.1) is 11.3 Å². The Kier molecular flexibility index (Phi) is 6.82. The fourth-order valence-corrected chi connectivity index (χ4v) is 4.02. The molecule has 1 saturated heterocycles. The molecule has 1 amide bonds. The monoisotopic (exact) mass is 389 g/mol. The Bertz CT molecular complexity index is 737. The Balaban J connectivity index is 1.50. The predicted molar refractivity (Wildman–Crippen MR) is 107 cm³/mol. The van der Waals surface area contributed by atoms with Crippen LogP contribution in [0.4, 0.5) is 5.13 Å². The lowest BCUT2D eigenvalue weighted by molar-refractivity contribution is -0.115. The highest BCUT2D eigenvalue weighted by molar-refractivity contribution is 7.13. The summed E-state index contributed by atoms with van der Waals surface area (Å²) in [7, 11) is 0. The number of carbonyl (C=O) groups excluding carboxylic acids is 1. The molecule has 1 N–H and O–H groups in total. The van der Waals surface area contributed by atoms with Gasteiger partial charge in [0.05, 0.1) is 30.9 Å². The van der Waals surface area contributed by atoms with E-state index in [1.807, 2.05) is 36.6 Å². The summed E-state index contributed by atoms with van der Waals surface area (Å²) in [5.74, 6) is 0.756. The molecule has 146 valence electrons. The van der Waals surface area contributed by atoms with Gasteiger partial charge in [-0.05, 0) is 38.5 Å². The minimum Gasteiger partial charge on any atom is -0.494 e. The number of thiazole rings is 1. The van der Waals surface area contributed by atoms with E-state index in [0.717, 1.165) is 36.6 Å². The molecule has 2 unspecified atom stereocenters. The largest absolute Gasteiger partial charge is 0.494 e. The molecule has 0 aliphatic carbocycles. The number of aromatic nitrogens is 1. The van der Waals surface area contributed by atoms with Crippen molar-refractivity contribution >= 4 is 22.4 Å². The number of carbonyl (C=O) groups is 1. The van der Waals surface area contributed by atoms with Gasteiger partial charge in [0.1, 0.15) is 5.75 Å².